The third-order valence-corrected chi connectivity index (χ3v) is 5.72. The number of nitrogens with zero attached hydrogens (tertiary/aromatic N) is 6. The van der Waals surface area contributed by atoms with Crippen molar-refractivity contribution >= 4 is 5.69 Å². The number of imidazole rings is 1. The number of nitrogen functional groups attached to an aromatic ring is 1. The van der Waals surface area contributed by atoms with Crippen LogP contribution < -0.4 is 11.4 Å². The number of H-pyrrole nitrogens is 1. The molecule has 3 heterocycles. The summed E-state index contributed by atoms with van der Waals surface area (Å²) in [6.45, 7) is 2.52. The number of nitrogens with two attached hydrogens (primary N) is 1. The Morgan fingerprint density at radius 2 is 1.79 bits per heavy atom. The van der Waals surface area contributed by atoms with Gasteiger partial charge < -0.3 is 5.73 Å². The second-order valence-electron chi connectivity index (χ2n) is 8.00. The zero-order chi connectivity index (χ0) is 23.5. The monoisotopic (exact) mass is 452 g/mol. The quantitative estimate of drug-likeness (QED) is 0.365. The summed E-state index contributed by atoms with van der Waals surface area (Å²) in [6.07, 6.45) is 5.41. The van der Waals surface area contributed by atoms with Crippen LogP contribution in [0.25, 0.3) is 28.3 Å². The van der Waals surface area contributed by atoms with Gasteiger partial charge >= 0.3 is 5.69 Å². The normalized spacial score (nSPS) is 11.1. The minimum atomic E-state index is -0.118. The first kappa shape index (κ1) is 21.3. The molecule has 0 fully saturated rings. The molecule has 0 amide bonds. The largest absolute Gasteiger partial charge is 0.397 e. The topological polar surface area (TPSA) is 120 Å². The number of hydrogen-bond acceptors (Lipinski definition) is 6. The van der Waals surface area contributed by atoms with Gasteiger partial charge in [-0.2, -0.15) is 5.21 Å². The Labute approximate surface area is 195 Å². The van der Waals surface area contributed by atoms with Crippen LogP contribution in [0.4, 0.5) is 5.69 Å². The molecule has 0 aliphatic rings. The molecule has 9 nitrogen and oxygen atoms in total. The lowest BCUT2D eigenvalue weighted by molar-refractivity contribution is 0.690. The number of nitrogens with one attached hydrogen (secondary N) is 1. The number of aromatic nitrogens is 7. The van der Waals surface area contributed by atoms with Gasteiger partial charge in [0, 0.05) is 29.2 Å². The van der Waals surface area contributed by atoms with Crippen LogP contribution in [0, 0.1) is 0 Å². The van der Waals surface area contributed by atoms with E-state index in [1.807, 2.05) is 60.8 Å². The van der Waals surface area contributed by atoms with Gasteiger partial charge in [-0.15, -0.1) is 10.2 Å². The molecule has 34 heavy (non-hydrogen) atoms. The average Bonchev–Trinajstić information content (AvgIpc) is 3.50. The maximum atomic E-state index is 13.3. The van der Waals surface area contributed by atoms with Crippen molar-refractivity contribution in [1.82, 2.24) is 34.7 Å². The van der Waals surface area contributed by atoms with Gasteiger partial charge in [-0.05, 0) is 35.4 Å². The lowest BCUT2D eigenvalue weighted by atomic mass is 10.0. The first-order valence-corrected chi connectivity index (χ1v) is 11.1. The number of para-hydroxylation sites is 2. The molecule has 2 aromatic carbocycles. The van der Waals surface area contributed by atoms with Gasteiger partial charge in [-0.1, -0.05) is 55.8 Å². The number of anilines is 1. The SMILES string of the molecule is CCCc1cn(-c2ccccc2N)c(=O)n1Cc1ccc(-c2ccccc2-c2nn[nH]n2)nc1. The molecule has 0 saturated carbocycles. The number of aryl methyl sites for hydroxylation is 1. The van der Waals surface area contributed by atoms with E-state index in [9.17, 15) is 4.79 Å². The van der Waals surface area contributed by atoms with Gasteiger partial charge in [0.05, 0.1) is 23.6 Å². The summed E-state index contributed by atoms with van der Waals surface area (Å²) in [5.41, 5.74) is 11.7. The number of aromatic amines is 1. The van der Waals surface area contributed by atoms with Crippen molar-refractivity contribution in [3.8, 4) is 28.3 Å². The zero-order valence-corrected chi connectivity index (χ0v) is 18.7. The fraction of sp³-hybridized carbons (Fsp3) is 0.160. The highest BCUT2D eigenvalue weighted by atomic mass is 16.1. The molecule has 3 N–H and O–H groups in total. The Bertz CT molecular complexity index is 1470. The Morgan fingerprint density at radius 1 is 1.00 bits per heavy atom. The summed E-state index contributed by atoms with van der Waals surface area (Å²) in [4.78, 5) is 18.0. The third-order valence-electron chi connectivity index (χ3n) is 5.72. The van der Waals surface area contributed by atoms with Crippen molar-refractivity contribution in [3.05, 3.63) is 94.8 Å². The van der Waals surface area contributed by atoms with Crippen LogP contribution in [0.3, 0.4) is 0 Å². The minimum absolute atomic E-state index is 0.118. The molecule has 3 aromatic heterocycles. The number of pyridine rings is 1. The van der Waals surface area contributed by atoms with Crippen LogP contribution in [-0.2, 0) is 13.0 Å². The van der Waals surface area contributed by atoms with E-state index < -0.39 is 0 Å². The molecule has 0 radical (unpaired) electrons. The second-order valence-corrected chi connectivity index (χ2v) is 8.00. The first-order valence-electron chi connectivity index (χ1n) is 11.1. The molecule has 9 heteroatoms. The maximum absolute atomic E-state index is 13.3. The van der Waals surface area contributed by atoms with Crippen molar-refractivity contribution < 1.29 is 0 Å². The predicted octanol–water partition coefficient (Wildman–Crippen LogP) is 3.46. The van der Waals surface area contributed by atoms with E-state index in [1.165, 1.54) is 0 Å². The van der Waals surface area contributed by atoms with E-state index in [0.717, 1.165) is 40.9 Å². The molecular weight excluding hydrogens is 428 g/mol. The van der Waals surface area contributed by atoms with Crippen molar-refractivity contribution in [2.75, 3.05) is 5.73 Å². The molecule has 0 aliphatic carbocycles. The van der Waals surface area contributed by atoms with E-state index in [0.29, 0.717) is 23.7 Å². The number of tetrazole rings is 1. The van der Waals surface area contributed by atoms with E-state index in [2.05, 4.69) is 32.5 Å². The summed E-state index contributed by atoms with van der Waals surface area (Å²) in [7, 11) is 0. The second kappa shape index (κ2) is 9.14. The molecule has 0 bridgehead atoms. The molecule has 5 aromatic rings. The molecule has 170 valence electrons. The molecular formula is C25H24N8O. The summed E-state index contributed by atoms with van der Waals surface area (Å²) >= 11 is 0. The van der Waals surface area contributed by atoms with E-state index in [-0.39, 0.29) is 5.69 Å². The molecule has 0 atom stereocenters. The van der Waals surface area contributed by atoms with Crippen molar-refractivity contribution in [2.45, 2.75) is 26.3 Å². The first-order chi connectivity index (χ1) is 16.7. The standard InChI is InChI=1S/C25H24N8O/c1-2-7-18-16-33(23-11-6-5-10-21(23)26)25(34)32(18)15-17-12-13-22(27-14-17)19-8-3-4-9-20(19)24-28-30-31-29-24/h3-6,8-14,16H,2,7,15,26H2,1H3,(H,28,29,30,31). The Kier molecular flexibility index (Phi) is 5.73. The lowest BCUT2D eigenvalue weighted by Crippen LogP contribution is -2.25. The summed E-state index contributed by atoms with van der Waals surface area (Å²) < 4.78 is 3.42. The highest BCUT2D eigenvalue weighted by Crippen LogP contribution is 2.28. The summed E-state index contributed by atoms with van der Waals surface area (Å²) in [6, 6.07) is 19.1. The third kappa shape index (κ3) is 3.99. The predicted molar refractivity (Wildman–Crippen MR) is 130 cm³/mol. The molecule has 5 rings (SSSR count). The fourth-order valence-corrected chi connectivity index (χ4v) is 4.07. The Morgan fingerprint density at radius 3 is 2.50 bits per heavy atom. The van der Waals surface area contributed by atoms with Crippen molar-refractivity contribution in [2.24, 2.45) is 0 Å². The van der Waals surface area contributed by atoms with Gasteiger partial charge in [0.2, 0.25) is 5.82 Å². The number of rotatable bonds is 7. The average molecular weight is 453 g/mol. The van der Waals surface area contributed by atoms with E-state index >= 15 is 0 Å². The minimum Gasteiger partial charge on any atom is -0.397 e. The van der Waals surface area contributed by atoms with Gasteiger partial charge in [0.1, 0.15) is 0 Å². The van der Waals surface area contributed by atoms with Crippen LogP contribution in [0.1, 0.15) is 24.6 Å². The molecule has 0 unspecified atom stereocenters. The maximum Gasteiger partial charge on any atom is 0.333 e. The van der Waals surface area contributed by atoms with Gasteiger partial charge in [-0.25, -0.2) is 4.79 Å². The lowest BCUT2D eigenvalue weighted by Gasteiger charge is -2.09. The van der Waals surface area contributed by atoms with E-state index in [1.54, 1.807) is 21.4 Å². The van der Waals surface area contributed by atoms with Gasteiger partial charge in [-0.3, -0.25) is 14.1 Å². The van der Waals surface area contributed by atoms with Crippen LogP contribution in [0.5, 0.6) is 0 Å². The van der Waals surface area contributed by atoms with E-state index in [4.69, 9.17) is 5.73 Å². The smallest absolute Gasteiger partial charge is 0.333 e. The van der Waals surface area contributed by atoms with Gasteiger partial charge in [0.25, 0.3) is 0 Å². The molecule has 0 saturated heterocycles. The van der Waals surface area contributed by atoms with Gasteiger partial charge in [0.15, 0.2) is 0 Å². The summed E-state index contributed by atoms with van der Waals surface area (Å²) in [5, 5.41) is 14.3. The highest BCUT2D eigenvalue weighted by molar-refractivity contribution is 5.78. The zero-order valence-electron chi connectivity index (χ0n) is 18.7. The van der Waals surface area contributed by atoms with Crippen LogP contribution in [0.2, 0.25) is 0 Å². The van der Waals surface area contributed by atoms with Crippen LogP contribution in [0.15, 0.2) is 77.9 Å². The van der Waals surface area contributed by atoms with Crippen molar-refractivity contribution in [1.29, 1.82) is 0 Å². The molecule has 0 aliphatic heterocycles. The fourth-order valence-electron chi connectivity index (χ4n) is 4.07. The van der Waals surface area contributed by atoms with Crippen LogP contribution in [-0.4, -0.2) is 34.7 Å². The summed E-state index contributed by atoms with van der Waals surface area (Å²) in [5.74, 6) is 0.513. The Balaban J connectivity index is 1.48. The number of benzene rings is 2. The van der Waals surface area contributed by atoms with Crippen molar-refractivity contribution in [3.63, 3.8) is 0 Å². The van der Waals surface area contributed by atoms with Crippen LogP contribution >= 0.6 is 0 Å². The molecule has 0 spiro atoms. The number of hydrogen-bond donors (Lipinski definition) is 2. The highest BCUT2D eigenvalue weighted by Gasteiger charge is 2.15. The Hall–Kier alpha value is -4.53.